The summed E-state index contributed by atoms with van der Waals surface area (Å²) < 4.78 is 0. The molecule has 0 N–H and O–H groups in total. The predicted molar refractivity (Wildman–Crippen MR) is 55.9 cm³/mol. The van der Waals surface area contributed by atoms with Crippen molar-refractivity contribution in [1.29, 1.82) is 0 Å². The molecule has 0 nitrogen and oxygen atoms in total. The third kappa shape index (κ3) is 7.59. The molecule has 0 heterocycles. The largest absolute Gasteiger partial charge is 0.0882 e. The molecule has 1 radical (unpaired) electrons. The van der Waals surface area contributed by atoms with Gasteiger partial charge in [0.05, 0.1) is 0 Å². The van der Waals surface area contributed by atoms with E-state index < -0.39 is 0 Å². The van der Waals surface area contributed by atoms with E-state index in [2.05, 4.69) is 52.0 Å². The molecule has 0 aliphatic heterocycles. The fourth-order valence-electron chi connectivity index (χ4n) is 0.885. The van der Waals surface area contributed by atoms with Gasteiger partial charge >= 0.3 is 0 Å². The Balaban J connectivity index is 3.60. The first-order valence-corrected chi connectivity index (χ1v) is 4.91. The van der Waals surface area contributed by atoms with E-state index in [4.69, 9.17) is 0 Å². The van der Waals surface area contributed by atoms with Gasteiger partial charge in [0.25, 0.3) is 0 Å². The molecule has 0 rings (SSSR count). The van der Waals surface area contributed by atoms with Gasteiger partial charge in [0.1, 0.15) is 0 Å². The van der Waals surface area contributed by atoms with Crippen LogP contribution in [0.5, 0.6) is 0 Å². The lowest BCUT2D eigenvalue weighted by molar-refractivity contribution is 0.659. The molecule has 0 saturated heterocycles. The maximum absolute atomic E-state index is 3.34. The third-order valence-electron chi connectivity index (χ3n) is 1.63. The fraction of sp³-hybridized carbons (Fsp3) is 0.667. The van der Waals surface area contributed by atoms with Crippen molar-refractivity contribution < 1.29 is 0 Å². The summed E-state index contributed by atoms with van der Waals surface area (Å²) in [7, 11) is 0. The smallest absolute Gasteiger partial charge is 0.00108 e. The molecule has 0 aliphatic carbocycles. The van der Waals surface area contributed by atoms with E-state index in [1.165, 1.54) is 0 Å². The predicted octanol–water partition coefficient (Wildman–Crippen LogP) is 3.99. The van der Waals surface area contributed by atoms with Crippen molar-refractivity contribution in [3.05, 3.63) is 24.3 Å². The molecule has 0 aromatic heterocycles. The van der Waals surface area contributed by atoms with E-state index >= 15 is 0 Å². The molecule has 0 spiro atoms. The van der Waals surface area contributed by atoms with Crippen molar-refractivity contribution in [1.82, 2.24) is 0 Å². The van der Waals surface area contributed by atoms with Gasteiger partial charge < -0.3 is 0 Å². The van der Waals surface area contributed by atoms with Gasteiger partial charge in [0.15, 0.2) is 0 Å². The van der Waals surface area contributed by atoms with Gasteiger partial charge in [-0.15, -0.1) is 0 Å². The van der Waals surface area contributed by atoms with Gasteiger partial charge in [-0.3, -0.25) is 0 Å². The van der Waals surface area contributed by atoms with Crippen LogP contribution in [0.25, 0.3) is 0 Å². The van der Waals surface area contributed by atoms with Crippen LogP contribution in [0.15, 0.2) is 18.2 Å². The summed E-state index contributed by atoms with van der Waals surface area (Å²) in [5, 5.41) is 0. The van der Waals surface area contributed by atoms with Crippen LogP contribution < -0.4 is 0 Å². The molecule has 1 unspecified atom stereocenters. The molecule has 0 aliphatic rings. The monoisotopic (exact) mass is 165 g/mol. The number of hydrogen-bond acceptors (Lipinski definition) is 0. The summed E-state index contributed by atoms with van der Waals surface area (Å²) in [4.78, 5) is 0. The highest BCUT2D eigenvalue weighted by molar-refractivity contribution is 4.93. The molecular formula is C12H21. The fourth-order valence-corrected chi connectivity index (χ4v) is 0.885. The van der Waals surface area contributed by atoms with Gasteiger partial charge in [0, 0.05) is 0 Å². The van der Waals surface area contributed by atoms with Crippen LogP contribution in [-0.2, 0) is 0 Å². The lowest BCUT2D eigenvalue weighted by Crippen LogP contribution is -1.86. The quantitative estimate of drug-likeness (QED) is 0.540. The van der Waals surface area contributed by atoms with E-state index in [-0.39, 0.29) is 0 Å². The first-order valence-electron chi connectivity index (χ1n) is 4.91. The Bertz CT molecular complexity index is 140. The molecule has 0 fully saturated rings. The van der Waals surface area contributed by atoms with E-state index in [0.29, 0.717) is 5.92 Å². The second-order valence-electron chi connectivity index (χ2n) is 3.63. The first-order chi connectivity index (χ1) is 5.66. The number of allylic oxidation sites excluding steroid dienone is 4. The second-order valence-corrected chi connectivity index (χ2v) is 3.63. The number of hydrogen-bond donors (Lipinski definition) is 0. The highest BCUT2D eigenvalue weighted by atomic mass is 14.0. The third-order valence-corrected chi connectivity index (χ3v) is 1.63. The maximum atomic E-state index is 3.34. The minimum Gasteiger partial charge on any atom is -0.0882 e. The second kappa shape index (κ2) is 7.15. The Morgan fingerprint density at radius 1 is 1.25 bits per heavy atom. The molecule has 0 saturated carbocycles. The summed E-state index contributed by atoms with van der Waals surface area (Å²) in [6.07, 6.45) is 12.2. The van der Waals surface area contributed by atoms with Crippen molar-refractivity contribution in [2.75, 3.05) is 0 Å². The maximum Gasteiger partial charge on any atom is -0.00108 e. The van der Waals surface area contributed by atoms with Crippen LogP contribution in [0.3, 0.4) is 0 Å². The minimum atomic E-state index is 0.476. The Morgan fingerprint density at radius 3 is 2.42 bits per heavy atom. The van der Waals surface area contributed by atoms with Crippen LogP contribution in [0.2, 0.25) is 0 Å². The minimum absolute atomic E-state index is 0.476. The summed E-state index contributed by atoms with van der Waals surface area (Å²) >= 11 is 0. The molecule has 0 amide bonds. The Hall–Kier alpha value is -0.520. The van der Waals surface area contributed by atoms with Gasteiger partial charge in [-0.2, -0.15) is 0 Å². The van der Waals surface area contributed by atoms with Crippen molar-refractivity contribution in [3.63, 3.8) is 0 Å². The molecule has 0 heteroatoms. The number of rotatable bonds is 5. The van der Waals surface area contributed by atoms with Crippen molar-refractivity contribution in [2.45, 2.75) is 40.5 Å². The highest BCUT2D eigenvalue weighted by Crippen LogP contribution is 2.04. The molecule has 69 valence electrons. The normalized spacial score (nSPS) is 15.1. The Morgan fingerprint density at radius 2 is 1.92 bits per heavy atom. The van der Waals surface area contributed by atoms with E-state index in [1.54, 1.807) is 0 Å². The topological polar surface area (TPSA) is 0 Å². The van der Waals surface area contributed by atoms with E-state index in [9.17, 15) is 0 Å². The van der Waals surface area contributed by atoms with Crippen molar-refractivity contribution in [2.24, 2.45) is 11.8 Å². The summed E-state index contributed by atoms with van der Waals surface area (Å²) in [6, 6.07) is 0. The first kappa shape index (κ1) is 11.5. The van der Waals surface area contributed by atoms with Crippen LogP contribution in [0.4, 0.5) is 0 Å². The zero-order valence-electron chi connectivity index (χ0n) is 8.80. The molecule has 0 bridgehead atoms. The van der Waals surface area contributed by atoms with E-state index in [0.717, 1.165) is 18.8 Å². The average molecular weight is 165 g/mol. The van der Waals surface area contributed by atoms with Gasteiger partial charge in [-0.25, -0.2) is 0 Å². The summed E-state index contributed by atoms with van der Waals surface area (Å²) in [5.41, 5.74) is 0. The molecule has 1 atom stereocenters. The SMILES string of the molecule is CCC=CC(C)/[C]=C/CC(C)C. The molecule has 12 heavy (non-hydrogen) atoms. The Kier molecular flexibility index (Phi) is 6.84. The van der Waals surface area contributed by atoms with Crippen molar-refractivity contribution in [3.8, 4) is 0 Å². The van der Waals surface area contributed by atoms with Crippen LogP contribution >= 0.6 is 0 Å². The summed E-state index contributed by atoms with van der Waals surface area (Å²) in [6.45, 7) is 8.78. The summed E-state index contributed by atoms with van der Waals surface area (Å²) in [5.74, 6) is 1.23. The van der Waals surface area contributed by atoms with Gasteiger partial charge in [0.2, 0.25) is 0 Å². The highest BCUT2D eigenvalue weighted by Gasteiger charge is 1.91. The standard InChI is InChI=1S/C12H21/c1-5-6-9-12(4)10-7-8-11(2)3/h6-7,9,11-12H,5,8H2,1-4H3. The van der Waals surface area contributed by atoms with Gasteiger partial charge in [-0.05, 0) is 30.8 Å². The lowest BCUT2D eigenvalue weighted by Gasteiger charge is -1.99. The van der Waals surface area contributed by atoms with Gasteiger partial charge in [-0.1, -0.05) is 45.9 Å². The van der Waals surface area contributed by atoms with Crippen LogP contribution in [0, 0.1) is 17.9 Å². The average Bonchev–Trinajstić information content (AvgIpc) is 2.00. The molecule has 0 aromatic rings. The zero-order valence-corrected chi connectivity index (χ0v) is 8.80. The Labute approximate surface area is 77.4 Å². The van der Waals surface area contributed by atoms with E-state index in [1.807, 2.05) is 0 Å². The van der Waals surface area contributed by atoms with Crippen LogP contribution in [0.1, 0.15) is 40.5 Å². The molecular weight excluding hydrogens is 144 g/mol. The van der Waals surface area contributed by atoms with Crippen LogP contribution in [-0.4, -0.2) is 0 Å². The van der Waals surface area contributed by atoms with Crippen molar-refractivity contribution >= 4 is 0 Å². The molecule has 0 aromatic carbocycles. The lowest BCUT2D eigenvalue weighted by atomic mass is 10.1. The zero-order chi connectivity index (χ0) is 9.40.